The predicted octanol–water partition coefficient (Wildman–Crippen LogP) is 2.45. The Labute approximate surface area is 165 Å². The summed E-state index contributed by atoms with van der Waals surface area (Å²) >= 11 is 1.30. The van der Waals surface area contributed by atoms with Crippen molar-refractivity contribution in [3.63, 3.8) is 0 Å². The molecule has 1 aliphatic rings. The molecule has 28 heavy (non-hydrogen) atoms. The van der Waals surface area contributed by atoms with Gasteiger partial charge in [-0.15, -0.1) is 10.2 Å². The highest BCUT2D eigenvalue weighted by molar-refractivity contribution is 7.99. The highest BCUT2D eigenvalue weighted by atomic mass is 32.2. The van der Waals surface area contributed by atoms with Crippen LogP contribution in [0.25, 0.3) is 11.4 Å². The maximum atomic E-state index is 12.0. The first-order valence-corrected chi connectivity index (χ1v) is 9.48. The van der Waals surface area contributed by atoms with Crippen molar-refractivity contribution in [1.82, 2.24) is 20.2 Å². The molecule has 0 aliphatic carbocycles. The smallest absolute Gasteiger partial charge is 0.250 e. The summed E-state index contributed by atoms with van der Waals surface area (Å²) in [7, 11) is 1.88. The van der Waals surface area contributed by atoms with Gasteiger partial charge in [0.25, 0.3) is 5.91 Å². The predicted molar refractivity (Wildman–Crippen MR) is 105 cm³/mol. The largest absolute Gasteiger partial charge is 0.454 e. The van der Waals surface area contributed by atoms with Crippen LogP contribution in [0.1, 0.15) is 5.56 Å². The molecule has 0 saturated carbocycles. The van der Waals surface area contributed by atoms with Gasteiger partial charge < -0.3 is 14.0 Å². The van der Waals surface area contributed by atoms with E-state index in [1.165, 1.54) is 11.8 Å². The molecule has 0 fully saturated rings. The average Bonchev–Trinajstić information content (AvgIpc) is 3.33. The van der Waals surface area contributed by atoms with Gasteiger partial charge in [-0.25, -0.2) is 5.43 Å². The number of nitrogens with one attached hydrogen (secondary N) is 1. The number of benzene rings is 2. The molecule has 1 amide bonds. The first kappa shape index (κ1) is 18.1. The molecule has 1 N–H and O–H groups in total. The molecule has 0 bridgehead atoms. The molecule has 4 rings (SSSR count). The number of nitrogens with zero attached hydrogens (tertiary/aromatic N) is 4. The van der Waals surface area contributed by atoms with Gasteiger partial charge in [0.15, 0.2) is 22.5 Å². The van der Waals surface area contributed by atoms with E-state index >= 15 is 0 Å². The minimum atomic E-state index is -0.230. The Hall–Kier alpha value is -3.33. The molecule has 2 aromatic carbocycles. The molecule has 1 aliphatic heterocycles. The van der Waals surface area contributed by atoms with Gasteiger partial charge in [0.1, 0.15) is 0 Å². The second kappa shape index (κ2) is 8.13. The van der Waals surface area contributed by atoms with Gasteiger partial charge in [0, 0.05) is 12.6 Å². The van der Waals surface area contributed by atoms with Crippen molar-refractivity contribution in [1.29, 1.82) is 0 Å². The number of carbonyl (C=O) groups is 1. The Balaban J connectivity index is 1.31. The third-order valence-electron chi connectivity index (χ3n) is 4.00. The monoisotopic (exact) mass is 395 g/mol. The van der Waals surface area contributed by atoms with E-state index in [0.717, 1.165) is 17.0 Å². The van der Waals surface area contributed by atoms with Crippen LogP contribution in [0.3, 0.4) is 0 Å². The van der Waals surface area contributed by atoms with Gasteiger partial charge >= 0.3 is 0 Å². The number of aromatic nitrogens is 3. The van der Waals surface area contributed by atoms with Gasteiger partial charge in [-0.1, -0.05) is 42.1 Å². The molecular formula is C19H17N5O3S. The summed E-state index contributed by atoms with van der Waals surface area (Å²) < 4.78 is 12.4. The van der Waals surface area contributed by atoms with Crippen molar-refractivity contribution >= 4 is 23.9 Å². The molecule has 0 unspecified atom stereocenters. The highest BCUT2D eigenvalue weighted by Gasteiger charge is 2.13. The van der Waals surface area contributed by atoms with Crippen LogP contribution < -0.4 is 14.9 Å². The second-order valence-corrected chi connectivity index (χ2v) is 6.87. The van der Waals surface area contributed by atoms with Gasteiger partial charge in [-0.2, -0.15) is 5.10 Å². The molecule has 0 radical (unpaired) electrons. The summed E-state index contributed by atoms with van der Waals surface area (Å²) in [5.41, 5.74) is 4.29. The van der Waals surface area contributed by atoms with E-state index in [1.54, 1.807) is 18.3 Å². The fourth-order valence-corrected chi connectivity index (χ4v) is 3.32. The average molecular weight is 395 g/mol. The molecule has 0 saturated heterocycles. The van der Waals surface area contributed by atoms with Crippen LogP contribution in [-0.4, -0.2) is 39.4 Å². The highest BCUT2D eigenvalue weighted by Crippen LogP contribution is 2.32. The fourth-order valence-electron chi connectivity index (χ4n) is 2.61. The van der Waals surface area contributed by atoms with Gasteiger partial charge in [-0.05, 0) is 23.8 Å². The Morgan fingerprint density at radius 1 is 1.21 bits per heavy atom. The van der Waals surface area contributed by atoms with Crippen LogP contribution in [0.4, 0.5) is 0 Å². The molecule has 2 heterocycles. The van der Waals surface area contributed by atoms with E-state index in [4.69, 9.17) is 9.47 Å². The van der Waals surface area contributed by atoms with Crippen LogP contribution in [0, 0.1) is 0 Å². The molecule has 8 nitrogen and oxygen atoms in total. The lowest BCUT2D eigenvalue weighted by atomic mass is 10.2. The van der Waals surface area contributed by atoms with E-state index in [0.29, 0.717) is 16.7 Å². The minimum absolute atomic E-state index is 0.180. The van der Waals surface area contributed by atoms with Crippen molar-refractivity contribution < 1.29 is 14.3 Å². The van der Waals surface area contributed by atoms with Crippen molar-refractivity contribution in [3.8, 4) is 22.9 Å². The summed E-state index contributed by atoms with van der Waals surface area (Å²) in [5, 5.41) is 13.0. The zero-order valence-electron chi connectivity index (χ0n) is 15.0. The summed E-state index contributed by atoms with van der Waals surface area (Å²) in [6.07, 6.45) is 1.56. The van der Waals surface area contributed by atoms with Crippen molar-refractivity contribution in [3.05, 3.63) is 54.1 Å². The minimum Gasteiger partial charge on any atom is -0.454 e. The Morgan fingerprint density at radius 2 is 2.04 bits per heavy atom. The second-order valence-electron chi connectivity index (χ2n) is 5.93. The molecule has 3 aromatic rings. The number of hydrazone groups is 1. The third kappa shape index (κ3) is 3.99. The zero-order chi connectivity index (χ0) is 19.3. The lowest BCUT2D eigenvalue weighted by Crippen LogP contribution is -2.19. The SMILES string of the molecule is Cn1c(SCC(=O)NN=Cc2ccc3c(c2)OCO3)nnc1-c1ccccc1. The fraction of sp³-hybridized carbons (Fsp3) is 0.158. The number of rotatable bonds is 6. The quantitative estimate of drug-likeness (QED) is 0.392. The first-order valence-electron chi connectivity index (χ1n) is 8.50. The van der Waals surface area contributed by atoms with Crippen LogP contribution >= 0.6 is 11.8 Å². The number of hydrogen-bond acceptors (Lipinski definition) is 7. The van der Waals surface area contributed by atoms with Crippen molar-refractivity contribution in [2.75, 3.05) is 12.5 Å². The van der Waals surface area contributed by atoms with E-state index in [2.05, 4.69) is 20.7 Å². The topological polar surface area (TPSA) is 90.6 Å². The number of ether oxygens (including phenoxy) is 2. The summed E-state index contributed by atoms with van der Waals surface area (Å²) in [6.45, 7) is 0.220. The summed E-state index contributed by atoms with van der Waals surface area (Å²) in [4.78, 5) is 12.0. The number of amides is 1. The maximum Gasteiger partial charge on any atom is 0.250 e. The van der Waals surface area contributed by atoms with Crippen LogP contribution in [0.2, 0.25) is 0 Å². The normalized spacial score (nSPS) is 12.5. The van der Waals surface area contributed by atoms with E-state index in [-0.39, 0.29) is 18.5 Å². The summed E-state index contributed by atoms with van der Waals surface area (Å²) in [5.74, 6) is 2.08. The first-order chi connectivity index (χ1) is 13.7. The standard InChI is InChI=1S/C19H17N5O3S/c1-24-18(14-5-3-2-4-6-14)22-23-19(24)28-11-17(25)21-20-10-13-7-8-15-16(9-13)27-12-26-15/h2-10H,11-12H2,1H3,(H,21,25). The van der Waals surface area contributed by atoms with Gasteiger partial charge in [0.2, 0.25) is 6.79 Å². The van der Waals surface area contributed by atoms with Crippen molar-refractivity contribution in [2.45, 2.75) is 5.16 Å². The molecular weight excluding hydrogens is 378 g/mol. The zero-order valence-corrected chi connectivity index (χ0v) is 15.8. The molecule has 0 atom stereocenters. The Morgan fingerprint density at radius 3 is 2.89 bits per heavy atom. The lowest BCUT2D eigenvalue weighted by molar-refractivity contribution is -0.118. The van der Waals surface area contributed by atoms with Crippen molar-refractivity contribution in [2.24, 2.45) is 12.1 Å². The Bertz CT molecular complexity index is 1020. The van der Waals surface area contributed by atoms with Gasteiger partial charge in [-0.3, -0.25) is 4.79 Å². The number of hydrogen-bond donors (Lipinski definition) is 1. The van der Waals surface area contributed by atoms with E-state index < -0.39 is 0 Å². The summed E-state index contributed by atoms with van der Waals surface area (Å²) in [6, 6.07) is 15.2. The third-order valence-corrected chi connectivity index (χ3v) is 5.02. The Kier molecular flexibility index (Phi) is 5.24. The van der Waals surface area contributed by atoms with Gasteiger partial charge in [0.05, 0.1) is 12.0 Å². The molecule has 0 spiro atoms. The number of carbonyl (C=O) groups excluding carboxylic acids is 1. The van der Waals surface area contributed by atoms with Crippen LogP contribution in [0.5, 0.6) is 11.5 Å². The molecule has 9 heteroatoms. The molecule has 1 aromatic heterocycles. The molecule has 142 valence electrons. The number of fused-ring (bicyclic) bond motifs is 1. The lowest BCUT2D eigenvalue weighted by Gasteiger charge is -2.03. The van der Waals surface area contributed by atoms with Crippen LogP contribution in [-0.2, 0) is 11.8 Å². The number of thioether (sulfide) groups is 1. The van der Waals surface area contributed by atoms with E-state index in [9.17, 15) is 4.79 Å². The van der Waals surface area contributed by atoms with E-state index in [1.807, 2.05) is 48.0 Å². The maximum absolute atomic E-state index is 12.0. The van der Waals surface area contributed by atoms with Crippen LogP contribution in [0.15, 0.2) is 58.8 Å².